The van der Waals surface area contributed by atoms with Crippen molar-refractivity contribution in [2.24, 2.45) is 0 Å². The largest absolute Gasteiger partial charge is 0.480 e. The quantitative estimate of drug-likeness (QED) is 0.859. The second kappa shape index (κ2) is 5.37. The molecular formula is C16H13ClFNO2. The molecule has 21 heavy (non-hydrogen) atoms. The highest BCUT2D eigenvalue weighted by molar-refractivity contribution is 6.28. The van der Waals surface area contributed by atoms with Crippen molar-refractivity contribution < 1.29 is 14.3 Å². The number of para-hydroxylation sites is 1. The van der Waals surface area contributed by atoms with Gasteiger partial charge in [-0.15, -0.1) is 0 Å². The first-order valence-corrected chi connectivity index (χ1v) is 6.94. The minimum Gasteiger partial charge on any atom is -0.480 e. The summed E-state index contributed by atoms with van der Waals surface area (Å²) in [5.41, 5.74) is 1.96. The van der Waals surface area contributed by atoms with Gasteiger partial charge in [-0.1, -0.05) is 36.4 Å². The van der Waals surface area contributed by atoms with Gasteiger partial charge in [0.05, 0.1) is 5.69 Å². The molecule has 0 saturated heterocycles. The van der Waals surface area contributed by atoms with E-state index in [1.165, 1.54) is 10.5 Å². The minimum absolute atomic E-state index is 0.233. The zero-order valence-electron chi connectivity index (χ0n) is 11.0. The van der Waals surface area contributed by atoms with E-state index in [1.807, 2.05) is 12.1 Å². The van der Waals surface area contributed by atoms with Crippen LogP contribution in [-0.2, 0) is 4.79 Å². The molecule has 0 amide bonds. The Kier molecular flexibility index (Phi) is 3.55. The molecule has 0 aliphatic carbocycles. The smallest absolute Gasteiger partial charge is 0.327 e. The van der Waals surface area contributed by atoms with Gasteiger partial charge in [-0.3, -0.25) is 4.42 Å². The van der Waals surface area contributed by atoms with Crippen LogP contribution in [0.2, 0.25) is 0 Å². The summed E-state index contributed by atoms with van der Waals surface area (Å²) >= 11 is 6.16. The second-order valence-electron chi connectivity index (χ2n) is 5.03. The van der Waals surface area contributed by atoms with Gasteiger partial charge >= 0.3 is 5.97 Å². The average molecular weight is 306 g/mol. The Morgan fingerprint density at radius 1 is 1.14 bits per heavy atom. The van der Waals surface area contributed by atoms with Gasteiger partial charge < -0.3 is 5.11 Å². The third-order valence-electron chi connectivity index (χ3n) is 3.84. The number of carboxylic acids is 1. The van der Waals surface area contributed by atoms with E-state index >= 15 is 0 Å². The number of hydrogen-bond acceptors (Lipinski definition) is 2. The van der Waals surface area contributed by atoms with E-state index in [9.17, 15) is 14.3 Å². The zero-order valence-corrected chi connectivity index (χ0v) is 11.8. The van der Waals surface area contributed by atoms with Crippen LogP contribution in [0.1, 0.15) is 23.5 Å². The number of anilines is 1. The maximum atomic E-state index is 14.1. The van der Waals surface area contributed by atoms with E-state index in [4.69, 9.17) is 11.8 Å². The molecule has 1 aliphatic heterocycles. The van der Waals surface area contributed by atoms with Gasteiger partial charge in [0.2, 0.25) is 0 Å². The number of benzene rings is 2. The lowest BCUT2D eigenvalue weighted by Gasteiger charge is -2.36. The number of halogens is 2. The van der Waals surface area contributed by atoms with Gasteiger partial charge in [0.1, 0.15) is 11.9 Å². The lowest BCUT2D eigenvalue weighted by molar-refractivity contribution is -0.138. The molecule has 5 heteroatoms. The number of fused-ring (bicyclic) bond motifs is 1. The highest BCUT2D eigenvalue weighted by Gasteiger charge is 2.37. The SMILES string of the molecule is O=C(O)C1CC(c2ccccc2F)c2ccccc2N1Cl. The van der Waals surface area contributed by atoms with Gasteiger partial charge in [-0.25, -0.2) is 9.18 Å². The van der Waals surface area contributed by atoms with Crippen LogP contribution in [0.3, 0.4) is 0 Å². The summed E-state index contributed by atoms with van der Waals surface area (Å²) in [4.78, 5) is 11.4. The van der Waals surface area contributed by atoms with Crippen molar-refractivity contribution in [3.8, 4) is 0 Å². The van der Waals surface area contributed by atoms with E-state index in [1.54, 1.807) is 30.3 Å². The lowest BCUT2D eigenvalue weighted by atomic mass is 9.82. The van der Waals surface area contributed by atoms with Crippen LogP contribution in [0, 0.1) is 5.82 Å². The molecule has 2 atom stereocenters. The van der Waals surface area contributed by atoms with Crippen molar-refractivity contribution in [2.75, 3.05) is 4.42 Å². The first-order valence-electron chi connectivity index (χ1n) is 6.60. The summed E-state index contributed by atoms with van der Waals surface area (Å²) in [5.74, 6) is -1.66. The predicted octanol–water partition coefficient (Wildman–Crippen LogP) is 3.77. The second-order valence-corrected chi connectivity index (χ2v) is 5.40. The minimum atomic E-state index is -1.01. The Hall–Kier alpha value is -2.07. The molecule has 2 aromatic carbocycles. The fraction of sp³-hybridized carbons (Fsp3) is 0.188. The Balaban J connectivity index is 2.14. The van der Waals surface area contributed by atoms with Crippen LogP contribution in [0.4, 0.5) is 10.1 Å². The number of rotatable bonds is 2. The highest BCUT2D eigenvalue weighted by atomic mass is 35.5. The summed E-state index contributed by atoms with van der Waals surface area (Å²) < 4.78 is 15.3. The number of hydrogen-bond donors (Lipinski definition) is 1. The molecule has 1 N–H and O–H groups in total. The number of carbonyl (C=O) groups is 1. The van der Waals surface area contributed by atoms with Crippen LogP contribution < -0.4 is 4.42 Å². The Morgan fingerprint density at radius 3 is 2.43 bits per heavy atom. The molecule has 0 spiro atoms. The molecule has 0 aromatic heterocycles. The predicted molar refractivity (Wildman–Crippen MR) is 79.1 cm³/mol. The molecule has 2 aromatic rings. The molecule has 3 nitrogen and oxygen atoms in total. The van der Waals surface area contributed by atoms with Crippen LogP contribution >= 0.6 is 11.8 Å². The average Bonchev–Trinajstić information content (AvgIpc) is 2.48. The van der Waals surface area contributed by atoms with Crippen molar-refractivity contribution in [1.82, 2.24) is 0 Å². The number of carboxylic acid groups (broad SMARTS) is 1. The molecule has 1 aliphatic rings. The highest BCUT2D eigenvalue weighted by Crippen LogP contribution is 2.43. The summed E-state index contributed by atoms with van der Waals surface area (Å²) in [6.45, 7) is 0. The van der Waals surface area contributed by atoms with E-state index in [0.717, 1.165) is 5.56 Å². The van der Waals surface area contributed by atoms with E-state index in [2.05, 4.69) is 0 Å². The Bertz CT molecular complexity index is 691. The summed E-state index contributed by atoms with van der Waals surface area (Å²) in [6.07, 6.45) is 0.233. The summed E-state index contributed by atoms with van der Waals surface area (Å²) in [5, 5.41) is 9.35. The molecule has 1 heterocycles. The number of nitrogens with zero attached hydrogens (tertiary/aromatic N) is 1. The monoisotopic (exact) mass is 305 g/mol. The van der Waals surface area contributed by atoms with Crippen LogP contribution in [0.5, 0.6) is 0 Å². The summed E-state index contributed by atoms with van der Waals surface area (Å²) in [7, 11) is 0. The fourth-order valence-corrected chi connectivity index (χ4v) is 3.15. The van der Waals surface area contributed by atoms with E-state index in [-0.39, 0.29) is 18.2 Å². The fourth-order valence-electron chi connectivity index (χ4n) is 2.84. The molecule has 0 radical (unpaired) electrons. The van der Waals surface area contributed by atoms with Gasteiger partial charge in [0, 0.05) is 17.7 Å². The van der Waals surface area contributed by atoms with Crippen molar-refractivity contribution in [1.29, 1.82) is 0 Å². The van der Waals surface area contributed by atoms with E-state index in [0.29, 0.717) is 11.3 Å². The van der Waals surface area contributed by atoms with Crippen molar-refractivity contribution in [2.45, 2.75) is 18.4 Å². The van der Waals surface area contributed by atoms with Gasteiger partial charge in [0.25, 0.3) is 0 Å². The van der Waals surface area contributed by atoms with Gasteiger partial charge in [-0.2, -0.15) is 0 Å². The third kappa shape index (κ3) is 2.36. The molecule has 108 valence electrons. The van der Waals surface area contributed by atoms with E-state index < -0.39 is 12.0 Å². The summed E-state index contributed by atoms with van der Waals surface area (Å²) in [6, 6.07) is 12.8. The molecule has 0 fully saturated rings. The van der Waals surface area contributed by atoms with Gasteiger partial charge in [-0.05, 0) is 29.7 Å². The first-order chi connectivity index (χ1) is 10.1. The number of aliphatic carboxylic acids is 1. The molecule has 0 saturated carbocycles. The van der Waals surface area contributed by atoms with Crippen LogP contribution in [0.25, 0.3) is 0 Å². The normalized spacial score (nSPS) is 21.0. The standard InChI is InChI=1S/C16H13ClFNO2/c17-19-14-8-4-2-6-11(14)12(9-15(19)16(20)21)10-5-1-3-7-13(10)18/h1-8,12,15H,9H2,(H,20,21). The van der Waals surface area contributed by atoms with Gasteiger partial charge in [0.15, 0.2) is 0 Å². The molecule has 0 bridgehead atoms. The third-order valence-corrected chi connectivity index (χ3v) is 4.26. The van der Waals surface area contributed by atoms with Crippen LogP contribution in [-0.4, -0.2) is 17.1 Å². The molecule has 3 rings (SSSR count). The Morgan fingerprint density at radius 2 is 1.76 bits per heavy atom. The molecule has 2 unspecified atom stereocenters. The topological polar surface area (TPSA) is 40.5 Å². The lowest BCUT2D eigenvalue weighted by Crippen LogP contribution is -2.40. The first kappa shape index (κ1) is 13.9. The van der Waals surface area contributed by atoms with Crippen molar-refractivity contribution in [3.63, 3.8) is 0 Å². The van der Waals surface area contributed by atoms with Crippen molar-refractivity contribution >= 4 is 23.4 Å². The van der Waals surface area contributed by atoms with Crippen molar-refractivity contribution in [3.05, 3.63) is 65.5 Å². The van der Waals surface area contributed by atoms with Crippen LogP contribution in [0.15, 0.2) is 48.5 Å². The maximum absolute atomic E-state index is 14.1. The maximum Gasteiger partial charge on any atom is 0.327 e. The molecular weight excluding hydrogens is 293 g/mol. The zero-order chi connectivity index (χ0) is 15.0. The Labute approximate surface area is 126 Å².